The van der Waals surface area contributed by atoms with Gasteiger partial charge in [-0.25, -0.2) is 0 Å². The molecule has 13 heavy (non-hydrogen) atoms. The van der Waals surface area contributed by atoms with Crippen molar-refractivity contribution in [2.24, 2.45) is 17.2 Å². The fraction of sp³-hybridized carbons (Fsp3) is 0. The number of hydrogen-bond acceptors (Lipinski definition) is 6. The molecule has 0 aromatic rings. The molecule has 0 aromatic heterocycles. The van der Waals surface area contributed by atoms with Crippen molar-refractivity contribution < 1.29 is 0 Å². The summed E-state index contributed by atoms with van der Waals surface area (Å²) >= 11 is 24.8. The summed E-state index contributed by atoms with van der Waals surface area (Å²) in [6.07, 6.45) is 0. The minimum absolute atomic E-state index is 0. The van der Waals surface area contributed by atoms with Gasteiger partial charge in [0.05, 0.1) is 0 Å². The largest absolute Gasteiger partial charge is 3.00 e. The maximum atomic E-state index is 4.66. The molecule has 0 atom stereocenters. The Hall–Kier alpha value is 0.0400. The predicted molar refractivity (Wildman–Crippen MR) is 74.6 cm³/mol. The summed E-state index contributed by atoms with van der Waals surface area (Å²) in [5.74, 6) is 0. The Balaban J connectivity index is -0.0000000450. The van der Waals surface area contributed by atoms with Crippen LogP contribution in [0.25, 0.3) is 0 Å². The monoisotopic (exact) mass is 290 g/mol. The van der Waals surface area contributed by atoms with Crippen molar-refractivity contribution in [3.8, 4) is 0 Å². The quantitative estimate of drug-likeness (QED) is 0.376. The maximum absolute atomic E-state index is 4.66. The Morgan fingerprint density at radius 2 is 0.692 bits per heavy atom. The molecule has 0 saturated heterocycles. The zero-order valence-corrected chi connectivity index (χ0v) is 11.0. The van der Waals surface area contributed by atoms with E-state index in [0.29, 0.717) is 0 Å². The fourth-order valence-corrected chi connectivity index (χ4v) is 0. The molecule has 0 amide bonds. The van der Waals surface area contributed by atoms with Crippen LogP contribution in [0.5, 0.6) is 0 Å². The minimum atomic E-state index is 0. The zero-order chi connectivity index (χ0) is 10.7. The summed E-state index contributed by atoms with van der Waals surface area (Å²) < 4.78 is 0.250. The van der Waals surface area contributed by atoms with Crippen molar-refractivity contribution in [2.45, 2.75) is 0 Å². The molecule has 0 aromatic carbocycles. The van der Waals surface area contributed by atoms with Crippen molar-refractivity contribution in [1.29, 1.82) is 0 Å². The van der Waals surface area contributed by atoms with Crippen molar-refractivity contribution in [1.82, 2.24) is 6.15 Å². The van der Waals surface area contributed by atoms with E-state index in [4.69, 9.17) is 0 Å². The van der Waals surface area contributed by atoms with Gasteiger partial charge < -0.3 is 91.7 Å². The van der Waals surface area contributed by atoms with Crippen LogP contribution in [-0.2, 0) is 37.9 Å². The Morgan fingerprint density at radius 1 is 0.692 bits per heavy atom. The zero-order valence-electron chi connectivity index (χ0n) is 6.13. The Morgan fingerprint density at radius 3 is 0.692 bits per heavy atom. The van der Waals surface area contributed by atoms with E-state index in [1.165, 1.54) is 0 Å². The second kappa shape index (κ2) is 18.0. The number of hydrogen-bond donors (Lipinski definition) is 3. The minimum Gasteiger partial charge on any atom is -0.415 e. The molecule has 10 heteroatoms. The first kappa shape index (κ1) is 23.1. The van der Waals surface area contributed by atoms with Crippen molar-refractivity contribution >= 4 is 87.5 Å². The second-order valence-electron chi connectivity index (χ2n) is 0.957. The van der Waals surface area contributed by atoms with Crippen molar-refractivity contribution in [2.75, 3.05) is 0 Å². The summed E-state index contributed by atoms with van der Waals surface area (Å²) in [5, 5.41) is 0. The van der Waals surface area contributed by atoms with Gasteiger partial charge in [0, 0.05) is 0 Å². The molecule has 0 rings (SSSR count). The first-order valence-corrected chi connectivity index (χ1v) is 4.54. The predicted octanol–water partition coefficient (Wildman–Crippen LogP) is -1.15. The van der Waals surface area contributed by atoms with Gasteiger partial charge in [0.25, 0.3) is 0 Å². The van der Waals surface area contributed by atoms with Crippen LogP contribution in [-0.4, -0.2) is 13.0 Å². The van der Waals surface area contributed by atoms with Gasteiger partial charge in [-0.3, -0.25) is 0 Å². The normalized spacial score (nSPS) is 5.54. The summed E-state index contributed by atoms with van der Waals surface area (Å²) in [5.41, 5.74) is 14.0. The molecule has 0 aliphatic carbocycles. The van der Waals surface area contributed by atoms with Crippen LogP contribution in [0.1, 0.15) is 0 Å². The number of rotatable bonds is 0. The van der Waals surface area contributed by atoms with Gasteiger partial charge in [-0.05, 0) is 0 Å². The number of nitrogens with two attached hydrogens (primary N) is 3. The lowest BCUT2D eigenvalue weighted by atomic mass is 11.5. The third kappa shape index (κ3) is 759000. The van der Waals surface area contributed by atoms with Crippen molar-refractivity contribution in [3.63, 3.8) is 0 Å². The summed E-state index contributed by atoms with van der Waals surface area (Å²) in [7, 11) is 0. The SMILES string of the molecule is NC(=S)[S-].NC(=S)[S-].NC(=S)[S-].[N+3]. The molecular weight excluding hydrogens is 284 g/mol. The van der Waals surface area contributed by atoms with Crippen LogP contribution in [0.2, 0.25) is 0 Å². The molecule has 0 heterocycles. The first-order chi connectivity index (χ1) is 5.20. The maximum Gasteiger partial charge on any atom is 3.00 e. The van der Waals surface area contributed by atoms with Gasteiger partial charge in [-0.1, -0.05) is 13.0 Å². The van der Waals surface area contributed by atoms with Crippen LogP contribution in [0, 0.1) is 0 Å². The number of thiocarbonyl (C=S) groups is 3. The van der Waals surface area contributed by atoms with Gasteiger partial charge >= 0.3 is 6.15 Å². The molecule has 0 unspecified atom stereocenters. The van der Waals surface area contributed by atoms with E-state index >= 15 is 0 Å². The Bertz CT molecular complexity index is 117. The molecular formula is C3H6N4S6. The Labute approximate surface area is 110 Å². The molecule has 0 bridgehead atoms. The van der Waals surface area contributed by atoms with E-state index in [2.05, 4.69) is 91.7 Å². The highest BCUT2D eigenvalue weighted by Crippen LogP contribution is 1.45. The summed E-state index contributed by atoms with van der Waals surface area (Å²) in [6.45, 7) is 0. The van der Waals surface area contributed by atoms with Crippen LogP contribution in [0.3, 0.4) is 0 Å². The van der Waals surface area contributed by atoms with Gasteiger partial charge in [0.15, 0.2) is 0 Å². The lowest BCUT2D eigenvalue weighted by molar-refractivity contribution is 1.91. The fourth-order valence-electron chi connectivity index (χ4n) is 0. The van der Waals surface area contributed by atoms with Crippen LogP contribution < -0.4 is 23.4 Å². The van der Waals surface area contributed by atoms with Crippen LogP contribution in [0.15, 0.2) is 0 Å². The molecule has 0 aliphatic rings. The molecule has 0 spiro atoms. The molecule has 74 valence electrons. The number of nitrogens with zero attached hydrogens (tertiary/aromatic N) is 1. The molecule has 4 nitrogen and oxygen atoms in total. The van der Waals surface area contributed by atoms with Gasteiger partial charge in [0.2, 0.25) is 0 Å². The summed E-state index contributed by atoms with van der Waals surface area (Å²) in [6, 6.07) is 0. The highest BCUT2D eigenvalue weighted by Gasteiger charge is 3.00. The van der Waals surface area contributed by atoms with E-state index in [1.807, 2.05) is 0 Å². The summed E-state index contributed by atoms with van der Waals surface area (Å²) in [4.78, 5) is 0. The van der Waals surface area contributed by atoms with E-state index in [-0.39, 0.29) is 19.1 Å². The van der Waals surface area contributed by atoms with E-state index in [1.54, 1.807) is 0 Å². The highest BCUT2D eigenvalue weighted by atomic mass is 32.1. The average Bonchev–Trinajstić information content (AvgIpc) is 1.54. The molecule has 0 fully saturated rings. The van der Waals surface area contributed by atoms with Crippen LogP contribution >= 0.6 is 36.7 Å². The average molecular weight is 291 g/mol. The Kier molecular flexibility index (Phi) is 32.0. The third-order valence-corrected chi connectivity index (χ3v) is 0. The highest BCUT2D eigenvalue weighted by molar-refractivity contribution is 8.00. The van der Waals surface area contributed by atoms with Gasteiger partial charge in [0.1, 0.15) is 0 Å². The molecule has 6 N–H and O–H groups in total. The van der Waals surface area contributed by atoms with E-state index in [0.717, 1.165) is 0 Å². The standard InChI is InChI=1S/3CH3NS2.N/c3*2-1(3)4;/h3*(H3,2,3,4);/q;;;+3/p-3. The second-order valence-corrected chi connectivity index (χ2v) is 4.37. The van der Waals surface area contributed by atoms with Crippen LogP contribution in [0.4, 0.5) is 0 Å². The van der Waals surface area contributed by atoms with E-state index < -0.39 is 0 Å². The van der Waals surface area contributed by atoms with Gasteiger partial charge in [-0.15, -0.1) is 0 Å². The first-order valence-electron chi connectivity index (χ1n) is 2.09. The van der Waals surface area contributed by atoms with Crippen molar-refractivity contribution in [3.05, 3.63) is 0 Å². The molecule has 2 radical (unpaired) electrons. The van der Waals surface area contributed by atoms with Gasteiger partial charge in [-0.2, -0.15) is 0 Å². The van der Waals surface area contributed by atoms with E-state index in [9.17, 15) is 0 Å². The third-order valence-electron chi connectivity index (χ3n) is 0. The lowest BCUT2D eigenvalue weighted by Crippen LogP contribution is -1.99. The lowest BCUT2D eigenvalue weighted by Gasteiger charge is -1.83. The smallest absolute Gasteiger partial charge is 0.415 e. The molecule has 0 aliphatic heterocycles. The topological polar surface area (TPSA) is 109 Å². The molecule has 0 saturated carbocycles.